The number of carboxylic acid groups (broad SMARTS) is 1. The summed E-state index contributed by atoms with van der Waals surface area (Å²) in [6, 6.07) is -1.02. The smallest absolute Gasteiger partial charge is 0.328 e. The predicted octanol–water partition coefficient (Wildman–Crippen LogP) is -1.13. The third kappa shape index (κ3) is 16.1. The van der Waals surface area contributed by atoms with Crippen molar-refractivity contribution < 1.29 is 24.3 Å². The van der Waals surface area contributed by atoms with Crippen LogP contribution in [0.5, 0.6) is 0 Å². The molecule has 0 unspecified atom stereocenters. The molecule has 0 saturated heterocycles. The van der Waals surface area contributed by atoms with Crippen LogP contribution in [-0.4, -0.2) is 28.9 Å². The van der Waals surface area contributed by atoms with Crippen LogP contribution in [0, 0.1) is 0 Å². The van der Waals surface area contributed by atoms with Gasteiger partial charge in [0.05, 0.1) is 0 Å². The van der Waals surface area contributed by atoms with E-state index >= 15 is 0 Å². The van der Waals surface area contributed by atoms with Gasteiger partial charge >= 0.3 is 12.0 Å². The maximum Gasteiger partial charge on any atom is 0.328 e. The van der Waals surface area contributed by atoms with Crippen LogP contribution in [0.2, 0.25) is 0 Å². The Kier molecular flexibility index (Phi) is 8.54. The third-order valence-corrected chi connectivity index (χ3v) is 1.04. The number of carbonyl (C=O) groups excluding carboxylic acids is 3. The lowest BCUT2D eigenvalue weighted by Gasteiger charge is -1.91. The number of nitrogens with two attached hydrogens (primary N) is 2. The fourth-order valence-electron chi connectivity index (χ4n) is 0.310. The van der Waals surface area contributed by atoms with Gasteiger partial charge in [0.1, 0.15) is 0 Å². The van der Waals surface area contributed by atoms with E-state index in [1.54, 1.807) is 12.2 Å². The summed E-state index contributed by atoms with van der Waals surface area (Å²) in [5.41, 5.74) is 9.64. The van der Waals surface area contributed by atoms with Gasteiger partial charge in [-0.1, -0.05) is 6.58 Å². The topological polar surface area (TPSA) is 153 Å². The van der Waals surface area contributed by atoms with E-state index in [1.807, 2.05) is 0 Å². The van der Waals surface area contributed by atoms with Crippen LogP contribution in [0.15, 0.2) is 24.3 Å². The van der Waals surface area contributed by atoms with Gasteiger partial charge in [-0.25, -0.2) is 9.59 Å². The molecule has 4 amide bonds. The maximum atomic E-state index is 10.4. The number of hydrogen-bond donors (Lipinski definition) is 4. The SMILES string of the molecule is C=C(C)C(N)=O.NC(=O)NC(=O)C=CC(=O)O. The molecule has 0 fully saturated rings. The monoisotopic (exact) mass is 243 g/mol. The van der Waals surface area contributed by atoms with E-state index in [0.29, 0.717) is 17.7 Å². The van der Waals surface area contributed by atoms with E-state index < -0.39 is 23.8 Å². The third-order valence-electron chi connectivity index (χ3n) is 1.04. The van der Waals surface area contributed by atoms with Crippen molar-refractivity contribution in [1.82, 2.24) is 5.32 Å². The molecule has 0 aromatic heterocycles. The van der Waals surface area contributed by atoms with Crippen LogP contribution in [0.1, 0.15) is 6.92 Å². The number of carboxylic acids is 1. The molecule has 0 atom stereocenters. The van der Waals surface area contributed by atoms with Crippen molar-refractivity contribution in [3.05, 3.63) is 24.3 Å². The highest BCUT2D eigenvalue weighted by Gasteiger charge is 1.98. The van der Waals surface area contributed by atoms with Crippen LogP contribution in [0.25, 0.3) is 0 Å². The molecule has 17 heavy (non-hydrogen) atoms. The van der Waals surface area contributed by atoms with Gasteiger partial charge in [-0.3, -0.25) is 14.9 Å². The zero-order valence-electron chi connectivity index (χ0n) is 9.10. The summed E-state index contributed by atoms with van der Waals surface area (Å²) in [6.07, 6.45) is 1.28. The highest BCUT2D eigenvalue weighted by atomic mass is 16.4. The first-order valence-electron chi connectivity index (χ1n) is 4.13. The second-order valence-electron chi connectivity index (χ2n) is 2.67. The number of hydrogen-bond acceptors (Lipinski definition) is 4. The highest BCUT2D eigenvalue weighted by Crippen LogP contribution is 1.78. The molecule has 0 saturated carbocycles. The number of primary amides is 2. The van der Waals surface area contributed by atoms with Crippen LogP contribution >= 0.6 is 0 Å². The zero-order valence-corrected chi connectivity index (χ0v) is 9.10. The fourth-order valence-corrected chi connectivity index (χ4v) is 0.310. The predicted molar refractivity (Wildman–Crippen MR) is 58.5 cm³/mol. The van der Waals surface area contributed by atoms with E-state index in [1.165, 1.54) is 0 Å². The molecular formula is C9H13N3O5. The van der Waals surface area contributed by atoms with Crippen molar-refractivity contribution in [1.29, 1.82) is 0 Å². The number of amides is 4. The highest BCUT2D eigenvalue weighted by molar-refractivity contribution is 6.02. The van der Waals surface area contributed by atoms with Gasteiger partial charge in [-0.15, -0.1) is 0 Å². The first-order chi connectivity index (χ1) is 7.66. The molecule has 0 aromatic rings. The van der Waals surface area contributed by atoms with Gasteiger partial charge in [0.25, 0.3) is 5.91 Å². The largest absolute Gasteiger partial charge is 0.478 e. The minimum Gasteiger partial charge on any atom is -0.478 e. The summed E-state index contributed by atoms with van der Waals surface area (Å²) >= 11 is 0. The molecule has 0 heterocycles. The molecule has 0 radical (unpaired) electrons. The summed E-state index contributed by atoms with van der Waals surface area (Å²) in [5, 5.41) is 9.66. The Morgan fingerprint density at radius 3 is 1.82 bits per heavy atom. The van der Waals surface area contributed by atoms with Crippen molar-refractivity contribution in [3.63, 3.8) is 0 Å². The molecule has 0 aliphatic rings. The lowest BCUT2D eigenvalue weighted by atomic mass is 10.3. The van der Waals surface area contributed by atoms with E-state index in [9.17, 15) is 19.2 Å². The van der Waals surface area contributed by atoms with Gasteiger partial charge in [0.2, 0.25) is 5.91 Å². The van der Waals surface area contributed by atoms with Crippen LogP contribution in [0.4, 0.5) is 4.79 Å². The number of aliphatic carboxylic acids is 1. The number of rotatable bonds is 3. The molecule has 0 spiro atoms. The molecule has 0 bridgehead atoms. The number of urea groups is 1. The Hall–Kier alpha value is -2.64. The second kappa shape index (κ2) is 8.65. The van der Waals surface area contributed by atoms with Crippen molar-refractivity contribution in [2.24, 2.45) is 11.5 Å². The van der Waals surface area contributed by atoms with E-state index in [0.717, 1.165) is 0 Å². The van der Waals surface area contributed by atoms with Gasteiger partial charge in [-0.2, -0.15) is 0 Å². The Labute approximate surface area is 97.0 Å². The lowest BCUT2D eigenvalue weighted by molar-refractivity contribution is -0.131. The molecule has 8 nitrogen and oxygen atoms in total. The Bertz CT molecular complexity index is 361. The van der Waals surface area contributed by atoms with Gasteiger partial charge < -0.3 is 16.6 Å². The Morgan fingerprint density at radius 1 is 1.18 bits per heavy atom. The second-order valence-corrected chi connectivity index (χ2v) is 2.67. The minimum atomic E-state index is -1.27. The van der Waals surface area contributed by atoms with Crippen molar-refractivity contribution in [3.8, 4) is 0 Å². The number of nitrogens with one attached hydrogen (secondary N) is 1. The van der Waals surface area contributed by atoms with Gasteiger partial charge in [0.15, 0.2) is 0 Å². The normalized spacial score (nSPS) is 8.76. The first kappa shape index (κ1) is 16.8. The van der Waals surface area contributed by atoms with E-state index in [-0.39, 0.29) is 0 Å². The van der Waals surface area contributed by atoms with Gasteiger partial charge in [0, 0.05) is 17.7 Å². The molecule has 94 valence electrons. The quantitative estimate of drug-likeness (QED) is 0.462. The Balaban J connectivity index is 0. The molecule has 0 aliphatic heterocycles. The average molecular weight is 243 g/mol. The molecule has 6 N–H and O–H groups in total. The summed E-state index contributed by atoms with van der Waals surface area (Å²) in [4.78, 5) is 40.0. The molecular weight excluding hydrogens is 230 g/mol. The van der Waals surface area contributed by atoms with Crippen LogP contribution < -0.4 is 16.8 Å². The Morgan fingerprint density at radius 2 is 1.59 bits per heavy atom. The summed E-state index contributed by atoms with van der Waals surface area (Å²) in [5.74, 6) is -2.57. The average Bonchev–Trinajstić information content (AvgIpc) is 2.14. The van der Waals surface area contributed by atoms with Crippen LogP contribution in [0.3, 0.4) is 0 Å². The maximum absolute atomic E-state index is 10.4. The van der Waals surface area contributed by atoms with Crippen LogP contribution in [-0.2, 0) is 14.4 Å². The van der Waals surface area contributed by atoms with E-state index in [4.69, 9.17) is 10.8 Å². The molecule has 0 aliphatic carbocycles. The fraction of sp³-hybridized carbons (Fsp3) is 0.111. The van der Waals surface area contributed by atoms with E-state index in [2.05, 4.69) is 12.3 Å². The van der Waals surface area contributed by atoms with Crippen molar-refractivity contribution in [2.75, 3.05) is 0 Å². The standard InChI is InChI=1S/C5H6N2O4.C4H7NO/c6-5(11)7-3(8)1-2-4(9)10;1-3(2)4(5)6/h1-2H,(H,9,10)(H3,6,7,8,11);1H2,2H3,(H2,5,6). The van der Waals surface area contributed by atoms with Crippen molar-refractivity contribution in [2.45, 2.75) is 6.92 Å². The lowest BCUT2D eigenvalue weighted by Crippen LogP contribution is -2.33. The molecule has 0 aromatic carbocycles. The number of carbonyl (C=O) groups is 4. The number of imide groups is 1. The molecule has 0 rings (SSSR count). The summed E-state index contributed by atoms with van der Waals surface area (Å²) in [6.45, 7) is 4.85. The summed E-state index contributed by atoms with van der Waals surface area (Å²) < 4.78 is 0. The van der Waals surface area contributed by atoms with Gasteiger partial charge in [-0.05, 0) is 6.92 Å². The zero-order chi connectivity index (χ0) is 14.0. The molecule has 8 heteroatoms. The summed E-state index contributed by atoms with van der Waals surface area (Å²) in [7, 11) is 0. The first-order valence-corrected chi connectivity index (χ1v) is 4.13. The van der Waals surface area contributed by atoms with Crippen molar-refractivity contribution >= 4 is 23.8 Å². The minimum absolute atomic E-state index is 0.398.